The molecule has 0 saturated heterocycles. The predicted octanol–water partition coefficient (Wildman–Crippen LogP) is 5.58. The molecular weight excluding hydrogens is 463 g/mol. The maximum absolute atomic E-state index is 14.2. The van der Waals surface area contributed by atoms with Crippen molar-refractivity contribution in [1.29, 1.82) is 0 Å². The molecule has 37 heavy (non-hydrogen) atoms. The predicted molar refractivity (Wildman–Crippen MR) is 150 cm³/mol. The lowest BCUT2D eigenvalue weighted by molar-refractivity contribution is 0.627. The Hall–Kier alpha value is -4.52. The zero-order valence-electron chi connectivity index (χ0n) is 21.4. The molecule has 1 aromatic carbocycles. The molecule has 0 atom stereocenters. The maximum atomic E-state index is 14.2. The van der Waals surface area contributed by atoms with E-state index in [1.807, 2.05) is 56.5 Å². The van der Waals surface area contributed by atoms with Crippen molar-refractivity contribution in [2.45, 2.75) is 33.7 Å². The second kappa shape index (κ2) is 9.85. The smallest absolute Gasteiger partial charge is 0.124 e. The highest BCUT2D eigenvalue weighted by Gasteiger charge is 2.14. The number of benzene rings is 1. The van der Waals surface area contributed by atoms with Crippen molar-refractivity contribution in [3.8, 4) is 22.6 Å². The lowest BCUT2D eigenvalue weighted by atomic mass is 10.0. The number of rotatable bonds is 6. The van der Waals surface area contributed by atoms with E-state index in [2.05, 4.69) is 50.9 Å². The first-order valence-electron chi connectivity index (χ1n) is 12.2. The Morgan fingerprint density at radius 1 is 1.11 bits per heavy atom. The number of allylic oxidation sites excluding steroid dienone is 1. The molecule has 0 aliphatic heterocycles. The zero-order chi connectivity index (χ0) is 26.1. The van der Waals surface area contributed by atoms with Crippen LogP contribution < -0.4 is 15.9 Å². The third-order valence-electron chi connectivity index (χ3n) is 6.12. The molecule has 3 N–H and O–H groups in total. The minimum Gasteiger partial charge on any atom is -0.382 e. The van der Waals surface area contributed by atoms with Crippen molar-refractivity contribution in [1.82, 2.24) is 25.1 Å². The molecule has 0 spiro atoms. The number of aromatic nitrogens is 5. The lowest BCUT2D eigenvalue weighted by Crippen LogP contribution is -2.23. The van der Waals surface area contributed by atoms with E-state index in [0.29, 0.717) is 6.04 Å². The van der Waals surface area contributed by atoms with Crippen LogP contribution in [-0.4, -0.2) is 31.2 Å². The van der Waals surface area contributed by atoms with Crippen molar-refractivity contribution < 1.29 is 4.39 Å². The normalized spacial score (nSPS) is 12.6. The van der Waals surface area contributed by atoms with Crippen LogP contribution in [-0.2, 0) is 0 Å². The van der Waals surface area contributed by atoms with Crippen LogP contribution >= 0.6 is 0 Å². The molecule has 4 heterocycles. The fourth-order valence-electron chi connectivity index (χ4n) is 4.51. The Kier molecular flexibility index (Phi) is 6.44. The summed E-state index contributed by atoms with van der Waals surface area (Å²) < 4.78 is 14.2. The van der Waals surface area contributed by atoms with Gasteiger partial charge >= 0.3 is 0 Å². The molecule has 7 heteroatoms. The highest BCUT2D eigenvalue weighted by molar-refractivity contribution is 5.96. The highest BCUT2D eigenvalue weighted by Crippen LogP contribution is 2.30. The summed E-state index contributed by atoms with van der Waals surface area (Å²) in [6.45, 7) is 12.3. The zero-order valence-corrected chi connectivity index (χ0v) is 21.4. The first kappa shape index (κ1) is 24.2. The van der Waals surface area contributed by atoms with Crippen LogP contribution in [0.4, 0.5) is 10.1 Å². The van der Waals surface area contributed by atoms with Crippen LogP contribution in [0, 0.1) is 12.7 Å². The standard InChI is InChI=1S/C30H29FN6/c1-6-26-24(11-19(5)21-13-23(16-32-15-21)34-17(2)3)30(37-36-26)28-14-25-27(35-28)7-8-33-29(25)20-9-18(4)10-22(31)12-20/h6-17,34-36H,5H2,1-4H3/b24-11+,26-6+. The van der Waals surface area contributed by atoms with Crippen LogP contribution in [0.5, 0.6) is 0 Å². The van der Waals surface area contributed by atoms with Crippen LogP contribution in [0.1, 0.15) is 31.9 Å². The number of aryl methyl sites for hydroxylation is 1. The molecular formula is C30H29FN6. The van der Waals surface area contributed by atoms with Gasteiger partial charge in [0.15, 0.2) is 0 Å². The molecule has 5 rings (SSSR count). The number of pyridine rings is 2. The van der Waals surface area contributed by atoms with E-state index in [1.165, 1.54) is 12.1 Å². The van der Waals surface area contributed by atoms with Gasteiger partial charge in [-0.1, -0.05) is 12.7 Å². The topological polar surface area (TPSA) is 82.3 Å². The molecule has 0 bridgehead atoms. The molecule has 0 saturated carbocycles. The van der Waals surface area contributed by atoms with E-state index in [1.54, 1.807) is 12.4 Å². The van der Waals surface area contributed by atoms with E-state index < -0.39 is 0 Å². The summed E-state index contributed by atoms with van der Waals surface area (Å²) in [4.78, 5) is 12.4. The van der Waals surface area contributed by atoms with E-state index in [9.17, 15) is 4.39 Å². The quantitative estimate of drug-likeness (QED) is 0.289. The number of anilines is 1. The van der Waals surface area contributed by atoms with Gasteiger partial charge in [-0.3, -0.25) is 15.1 Å². The molecule has 0 fully saturated rings. The largest absolute Gasteiger partial charge is 0.382 e. The van der Waals surface area contributed by atoms with Gasteiger partial charge in [0, 0.05) is 51.9 Å². The summed E-state index contributed by atoms with van der Waals surface area (Å²) >= 11 is 0. The average molecular weight is 493 g/mol. The Morgan fingerprint density at radius 3 is 2.70 bits per heavy atom. The van der Waals surface area contributed by atoms with Gasteiger partial charge in [-0.2, -0.15) is 5.10 Å². The molecule has 5 aromatic rings. The van der Waals surface area contributed by atoms with Gasteiger partial charge in [0.1, 0.15) is 11.5 Å². The van der Waals surface area contributed by atoms with Gasteiger partial charge in [0.05, 0.1) is 22.4 Å². The summed E-state index contributed by atoms with van der Waals surface area (Å²) in [6, 6.07) is 11.2. The van der Waals surface area contributed by atoms with E-state index >= 15 is 0 Å². The third-order valence-corrected chi connectivity index (χ3v) is 6.12. The van der Waals surface area contributed by atoms with Gasteiger partial charge in [0.2, 0.25) is 0 Å². The average Bonchev–Trinajstić information content (AvgIpc) is 3.46. The van der Waals surface area contributed by atoms with Gasteiger partial charge in [0.25, 0.3) is 0 Å². The van der Waals surface area contributed by atoms with Crippen LogP contribution in [0.25, 0.3) is 51.3 Å². The molecule has 0 radical (unpaired) electrons. The summed E-state index contributed by atoms with van der Waals surface area (Å²) in [5, 5.41) is 13.8. The van der Waals surface area contributed by atoms with Crippen molar-refractivity contribution in [3.63, 3.8) is 0 Å². The van der Waals surface area contributed by atoms with Crippen molar-refractivity contribution in [2.24, 2.45) is 0 Å². The fraction of sp³-hybridized carbons (Fsp3) is 0.167. The van der Waals surface area contributed by atoms with Gasteiger partial charge in [-0.15, -0.1) is 0 Å². The number of nitrogens with one attached hydrogen (secondary N) is 3. The summed E-state index contributed by atoms with van der Waals surface area (Å²) in [6.07, 6.45) is 9.34. The van der Waals surface area contributed by atoms with Gasteiger partial charge in [-0.25, -0.2) is 4.39 Å². The van der Waals surface area contributed by atoms with Crippen LogP contribution in [0.3, 0.4) is 0 Å². The molecule has 0 aliphatic rings. The number of fused-ring (bicyclic) bond motifs is 1. The monoisotopic (exact) mass is 492 g/mol. The first-order valence-corrected chi connectivity index (χ1v) is 12.2. The van der Waals surface area contributed by atoms with Gasteiger partial charge in [-0.05, 0) is 81.3 Å². The molecule has 6 nitrogen and oxygen atoms in total. The molecule has 0 aliphatic carbocycles. The van der Waals surface area contributed by atoms with E-state index in [0.717, 1.165) is 66.5 Å². The molecule has 186 valence electrons. The summed E-state index contributed by atoms with van der Waals surface area (Å²) in [5.74, 6) is -0.280. The Bertz CT molecular complexity index is 1720. The number of nitrogens with zero attached hydrogens (tertiary/aromatic N) is 3. The van der Waals surface area contributed by atoms with Crippen molar-refractivity contribution in [2.75, 3.05) is 5.32 Å². The second-order valence-electron chi connectivity index (χ2n) is 9.44. The molecule has 4 aromatic heterocycles. The van der Waals surface area contributed by atoms with E-state index in [4.69, 9.17) is 0 Å². The summed E-state index contributed by atoms with van der Waals surface area (Å²) in [7, 11) is 0. The van der Waals surface area contributed by atoms with E-state index in [-0.39, 0.29) is 5.82 Å². The number of hydrogen-bond acceptors (Lipinski definition) is 4. The van der Waals surface area contributed by atoms with Crippen molar-refractivity contribution in [3.05, 3.63) is 89.1 Å². The first-order chi connectivity index (χ1) is 17.8. The SMILES string of the molecule is C=C(/C=c1/c(-c2cc3c(-c4cc(C)cc(F)c4)nccc3[nH]2)n[nH]/c1=C/C)c1cncc(NC(C)C)c1. The third kappa shape index (κ3) is 4.93. The number of H-pyrrole nitrogens is 2. The maximum Gasteiger partial charge on any atom is 0.124 e. The number of hydrogen-bond donors (Lipinski definition) is 3. The highest BCUT2D eigenvalue weighted by atomic mass is 19.1. The lowest BCUT2D eigenvalue weighted by Gasteiger charge is -2.10. The van der Waals surface area contributed by atoms with Crippen LogP contribution in [0.15, 0.2) is 61.6 Å². The Labute approximate surface area is 214 Å². The van der Waals surface area contributed by atoms with Crippen LogP contribution in [0.2, 0.25) is 0 Å². The minimum absolute atomic E-state index is 0.280. The second-order valence-corrected chi connectivity index (χ2v) is 9.44. The number of halogens is 1. The Balaban J connectivity index is 1.61. The van der Waals surface area contributed by atoms with Crippen molar-refractivity contribution >= 4 is 34.3 Å². The number of aromatic amines is 2. The van der Waals surface area contributed by atoms with Gasteiger partial charge < -0.3 is 10.3 Å². The Morgan fingerprint density at radius 2 is 1.95 bits per heavy atom. The fourth-order valence-corrected chi connectivity index (χ4v) is 4.51. The minimum atomic E-state index is -0.280. The summed E-state index contributed by atoms with van der Waals surface area (Å²) in [5.41, 5.74) is 7.47. The molecule has 0 amide bonds. The molecule has 0 unspecified atom stereocenters.